The molecule has 3 nitrogen and oxygen atoms in total. The fourth-order valence-electron chi connectivity index (χ4n) is 7.68. The first-order valence-electron chi connectivity index (χ1n) is 9.18. The van der Waals surface area contributed by atoms with Gasteiger partial charge in [-0.1, -0.05) is 33.3 Å². The van der Waals surface area contributed by atoms with Crippen LogP contribution in [0.5, 0.6) is 0 Å². The van der Waals surface area contributed by atoms with Crippen molar-refractivity contribution in [1.82, 2.24) is 0 Å². The third kappa shape index (κ3) is 1.48. The molecule has 0 aliphatic heterocycles. The number of carbonyl (C=O) groups is 1. The van der Waals surface area contributed by atoms with Gasteiger partial charge in [-0.25, -0.2) is 0 Å². The summed E-state index contributed by atoms with van der Waals surface area (Å²) >= 11 is 0. The molecule has 0 radical (unpaired) electrons. The number of Topliss-reactive ketones (excluding diaryl/α,β-unsaturated/α-hetero) is 1. The first-order chi connectivity index (χ1) is 10.6. The minimum absolute atomic E-state index is 0.00684. The van der Waals surface area contributed by atoms with Crippen LogP contribution in [0.4, 0.5) is 0 Å². The fraction of sp³-hybridized carbons (Fsp3) is 0.850. The summed E-state index contributed by atoms with van der Waals surface area (Å²) in [7, 11) is 0. The highest BCUT2D eigenvalue weighted by Crippen LogP contribution is 2.76. The quantitative estimate of drug-likeness (QED) is 0.721. The van der Waals surface area contributed by atoms with E-state index in [9.17, 15) is 15.0 Å². The number of aliphatic hydroxyl groups excluding tert-OH is 2. The van der Waals surface area contributed by atoms with Gasteiger partial charge in [-0.05, 0) is 54.8 Å². The van der Waals surface area contributed by atoms with Crippen LogP contribution in [0.15, 0.2) is 11.1 Å². The van der Waals surface area contributed by atoms with Crippen LogP contribution >= 0.6 is 0 Å². The predicted octanol–water partition coefficient (Wildman–Crippen LogP) is 3.10. The van der Waals surface area contributed by atoms with Gasteiger partial charge >= 0.3 is 0 Å². The molecule has 0 aromatic rings. The molecular weight excluding hydrogens is 288 g/mol. The average Bonchev–Trinajstić information content (AvgIpc) is 2.59. The van der Waals surface area contributed by atoms with E-state index >= 15 is 0 Å². The number of rotatable bonds is 0. The lowest BCUT2D eigenvalue weighted by Gasteiger charge is -2.60. The van der Waals surface area contributed by atoms with Gasteiger partial charge in [0.1, 0.15) is 0 Å². The van der Waals surface area contributed by atoms with Crippen LogP contribution in [0.3, 0.4) is 0 Å². The van der Waals surface area contributed by atoms with Crippen molar-refractivity contribution in [3.63, 3.8) is 0 Å². The second-order valence-electron chi connectivity index (χ2n) is 9.60. The van der Waals surface area contributed by atoms with Crippen molar-refractivity contribution in [2.24, 2.45) is 34.0 Å². The maximum atomic E-state index is 12.3. The highest BCUT2D eigenvalue weighted by Gasteiger charge is 2.74. The minimum atomic E-state index is -0.640. The SMILES string of the molecule is CC1=C2C(=O)C[C@@]2(C)[C@@H]2C[C@@H]3[C@@H](O)[C@@H](O)[C@@H](C)[C@@]2(CC1)C3(C)C. The molecule has 3 fully saturated rings. The Bertz CT molecular complexity index is 618. The molecule has 2 bridgehead atoms. The zero-order chi connectivity index (χ0) is 16.9. The number of allylic oxidation sites excluding steroid dienone is 2. The van der Waals surface area contributed by atoms with Crippen molar-refractivity contribution in [2.75, 3.05) is 0 Å². The van der Waals surface area contributed by atoms with Crippen molar-refractivity contribution in [3.05, 3.63) is 11.1 Å². The Morgan fingerprint density at radius 2 is 1.78 bits per heavy atom. The molecule has 0 saturated heterocycles. The van der Waals surface area contributed by atoms with E-state index in [-0.39, 0.29) is 28.1 Å². The Morgan fingerprint density at radius 1 is 1.13 bits per heavy atom. The van der Waals surface area contributed by atoms with Crippen LogP contribution in [-0.2, 0) is 4.79 Å². The molecule has 3 saturated carbocycles. The molecule has 2 N–H and O–H groups in total. The van der Waals surface area contributed by atoms with E-state index in [2.05, 4.69) is 34.6 Å². The molecule has 0 unspecified atom stereocenters. The molecule has 4 rings (SSSR count). The van der Waals surface area contributed by atoms with Gasteiger partial charge in [-0.15, -0.1) is 0 Å². The van der Waals surface area contributed by atoms with Crippen LogP contribution in [0.25, 0.3) is 0 Å². The third-order valence-corrected chi connectivity index (χ3v) is 8.81. The second-order valence-corrected chi connectivity index (χ2v) is 9.60. The highest BCUT2D eigenvalue weighted by atomic mass is 16.3. The first kappa shape index (κ1) is 15.8. The van der Waals surface area contributed by atoms with Gasteiger partial charge in [0.2, 0.25) is 0 Å². The van der Waals surface area contributed by atoms with E-state index in [0.717, 1.165) is 24.8 Å². The summed E-state index contributed by atoms with van der Waals surface area (Å²) in [6, 6.07) is 0. The third-order valence-electron chi connectivity index (χ3n) is 8.81. The molecule has 4 aliphatic rings. The summed E-state index contributed by atoms with van der Waals surface area (Å²) in [6.45, 7) is 11.1. The molecule has 0 aromatic carbocycles. The van der Waals surface area contributed by atoms with Crippen LogP contribution in [0.1, 0.15) is 60.3 Å². The number of hydrogen-bond acceptors (Lipinski definition) is 3. The summed E-state index contributed by atoms with van der Waals surface area (Å²) in [5.74, 6) is 0.916. The topological polar surface area (TPSA) is 57.5 Å². The molecule has 0 aromatic heterocycles. The largest absolute Gasteiger partial charge is 0.390 e. The van der Waals surface area contributed by atoms with Crippen LogP contribution in [0, 0.1) is 34.0 Å². The number of carbonyl (C=O) groups excluding carboxylic acids is 1. The fourth-order valence-corrected chi connectivity index (χ4v) is 7.68. The van der Waals surface area contributed by atoms with Gasteiger partial charge in [-0.2, -0.15) is 0 Å². The lowest BCUT2D eigenvalue weighted by atomic mass is 9.44. The molecule has 0 heterocycles. The molecule has 1 spiro atoms. The molecule has 128 valence electrons. The van der Waals surface area contributed by atoms with E-state index in [4.69, 9.17) is 0 Å². The zero-order valence-corrected chi connectivity index (χ0v) is 15.0. The Balaban J connectivity index is 1.92. The Morgan fingerprint density at radius 3 is 2.39 bits per heavy atom. The number of hydrogen-bond donors (Lipinski definition) is 2. The van der Waals surface area contributed by atoms with E-state index in [1.54, 1.807) is 0 Å². The van der Waals surface area contributed by atoms with Gasteiger partial charge in [0.05, 0.1) is 12.2 Å². The van der Waals surface area contributed by atoms with Crippen molar-refractivity contribution in [1.29, 1.82) is 0 Å². The average molecular weight is 318 g/mol. The van der Waals surface area contributed by atoms with Crippen LogP contribution in [-0.4, -0.2) is 28.2 Å². The zero-order valence-electron chi connectivity index (χ0n) is 15.0. The summed E-state index contributed by atoms with van der Waals surface area (Å²) in [6.07, 6.45) is 2.30. The number of ketones is 1. The van der Waals surface area contributed by atoms with Crippen molar-refractivity contribution < 1.29 is 15.0 Å². The number of fused-ring (bicyclic) bond motifs is 3. The van der Waals surface area contributed by atoms with Gasteiger partial charge in [0.25, 0.3) is 0 Å². The van der Waals surface area contributed by atoms with Gasteiger partial charge < -0.3 is 10.2 Å². The van der Waals surface area contributed by atoms with E-state index in [1.807, 2.05) is 0 Å². The molecule has 0 amide bonds. The first-order valence-corrected chi connectivity index (χ1v) is 9.18. The Labute approximate surface area is 139 Å². The van der Waals surface area contributed by atoms with E-state index in [0.29, 0.717) is 18.1 Å². The molecule has 3 heteroatoms. The molecule has 7 atom stereocenters. The summed E-state index contributed by atoms with van der Waals surface area (Å²) < 4.78 is 0. The molecule has 23 heavy (non-hydrogen) atoms. The maximum absolute atomic E-state index is 12.3. The summed E-state index contributed by atoms with van der Waals surface area (Å²) in [5, 5.41) is 21.4. The smallest absolute Gasteiger partial charge is 0.160 e. The summed E-state index contributed by atoms with van der Waals surface area (Å²) in [5.41, 5.74) is 2.30. The van der Waals surface area contributed by atoms with Crippen molar-refractivity contribution >= 4 is 5.78 Å². The van der Waals surface area contributed by atoms with Gasteiger partial charge in [-0.3, -0.25) is 4.79 Å². The standard InChI is InChI=1S/C20H30O3/c1-10-6-7-20-11(2)16(22)17(23)12(18(20,3)4)8-14(20)19(5)9-13(21)15(10)19/h11-12,14,16-17,22-23H,6-9H2,1-5H3/t11-,12-,14+,16+,17-,19+,20-/m1/s1. The molecule has 4 aliphatic carbocycles. The van der Waals surface area contributed by atoms with E-state index < -0.39 is 12.2 Å². The van der Waals surface area contributed by atoms with Gasteiger partial charge in [0, 0.05) is 17.4 Å². The Kier molecular flexibility index (Phi) is 2.95. The van der Waals surface area contributed by atoms with Gasteiger partial charge in [0.15, 0.2) is 5.78 Å². The second kappa shape index (κ2) is 4.29. The maximum Gasteiger partial charge on any atom is 0.160 e. The Hall–Kier alpha value is -0.670. The van der Waals surface area contributed by atoms with Crippen molar-refractivity contribution in [2.45, 2.75) is 72.5 Å². The van der Waals surface area contributed by atoms with Crippen LogP contribution in [0.2, 0.25) is 0 Å². The van der Waals surface area contributed by atoms with E-state index in [1.165, 1.54) is 5.57 Å². The van der Waals surface area contributed by atoms with Crippen molar-refractivity contribution in [3.8, 4) is 0 Å². The monoisotopic (exact) mass is 318 g/mol. The number of aliphatic hydroxyl groups is 2. The minimum Gasteiger partial charge on any atom is -0.390 e. The lowest BCUT2D eigenvalue weighted by Crippen LogP contribution is -2.60. The lowest BCUT2D eigenvalue weighted by molar-refractivity contribution is -0.184. The normalized spacial score (nSPS) is 54.2. The molecular formula is C20H30O3. The predicted molar refractivity (Wildman–Crippen MR) is 88.7 cm³/mol. The summed E-state index contributed by atoms with van der Waals surface area (Å²) in [4.78, 5) is 12.3. The highest BCUT2D eigenvalue weighted by molar-refractivity contribution is 6.05. The van der Waals surface area contributed by atoms with Crippen LogP contribution < -0.4 is 0 Å².